The van der Waals surface area contributed by atoms with E-state index in [0.717, 1.165) is 18.6 Å². The van der Waals surface area contributed by atoms with Gasteiger partial charge in [0.2, 0.25) is 6.04 Å². The van der Waals surface area contributed by atoms with Crippen LogP contribution in [0.3, 0.4) is 0 Å². The Morgan fingerprint density at radius 1 is 1.14 bits per heavy atom. The quantitative estimate of drug-likeness (QED) is 0.616. The Balaban J connectivity index is 1.72. The van der Waals surface area contributed by atoms with E-state index in [1.54, 1.807) is 0 Å². The van der Waals surface area contributed by atoms with Crippen LogP contribution in [0.4, 0.5) is 0 Å². The molecule has 3 N–H and O–H groups in total. The van der Waals surface area contributed by atoms with Crippen LogP contribution in [0.25, 0.3) is 0 Å². The molecular formula is C22H32NO5+. The van der Waals surface area contributed by atoms with E-state index in [-0.39, 0.29) is 18.7 Å². The first-order valence-electron chi connectivity index (χ1n) is 10.3. The molecule has 1 saturated carbocycles. The number of cyclic esters (lactones) is 1. The second-order valence-corrected chi connectivity index (χ2v) is 7.57. The summed E-state index contributed by atoms with van der Waals surface area (Å²) in [4.78, 5) is 12.2. The van der Waals surface area contributed by atoms with E-state index in [2.05, 4.69) is 11.8 Å². The minimum atomic E-state index is -0.553. The predicted octanol–water partition coefficient (Wildman–Crippen LogP) is 2.28. The highest BCUT2D eigenvalue weighted by atomic mass is 16.6. The van der Waals surface area contributed by atoms with Crippen LogP contribution in [-0.2, 0) is 19.0 Å². The molecule has 2 fully saturated rings. The molecule has 2 aliphatic rings. The van der Waals surface area contributed by atoms with Gasteiger partial charge in [0.25, 0.3) is 0 Å². The highest BCUT2D eigenvalue weighted by molar-refractivity contribution is 5.74. The Kier molecular flexibility index (Phi) is 7.89. The number of allylic oxidation sites excluding steroid dienone is 1. The lowest BCUT2D eigenvalue weighted by atomic mass is 9.95. The van der Waals surface area contributed by atoms with Crippen LogP contribution in [0.5, 0.6) is 5.75 Å². The van der Waals surface area contributed by atoms with Crippen LogP contribution >= 0.6 is 0 Å². The molecule has 0 spiro atoms. The van der Waals surface area contributed by atoms with Gasteiger partial charge in [0.15, 0.2) is 6.10 Å². The largest absolute Gasteiger partial charge is 0.485 e. The molecule has 0 aromatic heterocycles. The lowest BCUT2D eigenvalue weighted by Crippen LogP contribution is -2.67. The first-order valence-corrected chi connectivity index (χ1v) is 10.3. The van der Waals surface area contributed by atoms with Gasteiger partial charge in [-0.2, -0.15) is 0 Å². The van der Waals surface area contributed by atoms with Gasteiger partial charge in [-0.1, -0.05) is 36.3 Å². The highest BCUT2D eigenvalue weighted by Gasteiger charge is 2.36. The van der Waals surface area contributed by atoms with Crippen LogP contribution < -0.4 is 10.5 Å². The molecular weight excluding hydrogens is 358 g/mol. The zero-order chi connectivity index (χ0) is 19.8. The Morgan fingerprint density at radius 2 is 1.89 bits per heavy atom. The van der Waals surface area contributed by atoms with Gasteiger partial charge in [0.05, 0.1) is 13.2 Å². The number of para-hydroxylation sites is 1. The molecule has 0 bridgehead atoms. The monoisotopic (exact) mass is 390 g/mol. The predicted molar refractivity (Wildman–Crippen MR) is 105 cm³/mol. The Bertz CT molecular complexity index is 640. The second kappa shape index (κ2) is 10.6. The van der Waals surface area contributed by atoms with Crippen LogP contribution in [-0.4, -0.2) is 50.1 Å². The van der Waals surface area contributed by atoms with Crippen LogP contribution in [0.1, 0.15) is 39.0 Å². The van der Waals surface area contributed by atoms with E-state index in [1.807, 2.05) is 37.3 Å². The maximum Gasteiger partial charge on any atom is 0.367 e. The molecule has 1 aliphatic heterocycles. The van der Waals surface area contributed by atoms with Crippen molar-refractivity contribution in [1.29, 1.82) is 0 Å². The molecule has 28 heavy (non-hydrogen) atoms. The number of hydrogen-bond acceptors (Lipinski definition) is 5. The van der Waals surface area contributed by atoms with Gasteiger partial charge in [0.1, 0.15) is 24.6 Å². The smallest absolute Gasteiger partial charge is 0.367 e. The molecule has 0 radical (unpaired) electrons. The van der Waals surface area contributed by atoms with Crippen molar-refractivity contribution < 1.29 is 29.5 Å². The number of ether oxygens (including phenoxy) is 4. The molecule has 1 heterocycles. The van der Waals surface area contributed by atoms with Crippen molar-refractivity contribution in [2.24, 2.45) is 0 Å². The van der Waals surface area contributed by atoms with E-state index >= 15 is 0 Å². The third-order valence-corrected chi connectivity index (χ3v) is 5.25. The van der Waals surface area contributed by atoms with Crippen molar-refractivity contribution in [3.05, 3.63) is 42.0 Å². The molecule has 1 aromatic carbocycles. The average Bonchev–Trinajstić information content (AvgIpc) is 2.75. The first-order chi connectivity index (χ1) is 13.6. The third-order valence-electron chi connectivity index (χ3n) is 5.25. The number of carbonyl (C=O) groups is 1. The molecule has 1 aromatic rings. The summed E-state index contributed by atoms with van der Waals surface area (Å²) in [6.07, 6.45) is 7.00. The van der Waals surface area contributed by atoms with E-state index in [1.165, 1.54) is 24.8 Å². The van der Waals surface area contributed by atoms with Gasteiger partial charge in [-0.05, 0) is 44.7 Å². The zero-order valence-corrected chi connectivity index (χ0v) is 16.7. The molecule has 1 saturated heterocycles. The van der Waals surface area contributed by atoms with E-state index < -0.39 is 18.2 Å². The van der Waals surface area contributed by atoms with Crippen LogP contribution in [0, 0.1) is 0 Å². The Morgan fingerprint density at radius 3 is 2.64 bits per heavy atom. The van der Waals surface area contributed by atoms with Crippen molar-refractivity contribution in [1.82, 2.24) is 0 Å². The highest BCUT2D eigenvalue weighted by Crippen LogP contribution is 2.23. The van der Waals surface area contributed by atoms with Gasteiger partial charge in [-0.3, -0.25) is 0 Å². The fourth-order valence-corrected chi connectivity index (χ4v) is 3.64. The Hall–Kier alpha value is -1.89. The maximum absolute atomic E-state index is 12.2. The minimum Gasteiger partial charge on any atom is -0.485 e. The van der Waals surface area contributed by atoms with Crippen molar-refractivity contribution in [2.45, 2.75) is 63.4 Å². The van der Waals surface area contributed by atoms with Gasteiger partial charge < -0.3 is 24.7 Å². The van der Waals surface area contributed by atoms with E-state index in [4.69, 9.17) is 18.9 Å². The molecule has 4 atom stereocenters. The SMILES string of the molecule is C[C@@H]1OC(=O)[C@@H]([NH3+])COC[C@H](Oc2ccccc2)[C@H]1OCC=C1CCCCC1. The van der Waals surface area contributed by atoms with Crippen LogP contribution in [0.2, 0.25) is 0 Å². The van der Waals surface area contributed by atoms with E-state index in [0.29, 0.717) is 13.2 Å². The van der Waals surface area contributed by atoms with Crippen molar-refractivity contribution >= 4 is 5.97 Å². The van der Waals surface area contributed by atoms with Gasteiger partial charge in [0, 0.05) is 0 Å². The van der Waals surface area contributed by atoms with E-state index in [9.17, 15) is 4.79 Å². The molecule has 1 aliphatic carbocycles. The topological polar surface area (TPSA) is 81.6 Å². The summed E-state index contributed by atoms with van der Waals surface area (Å²) in [6, 6.07) is 9.02. The summed E-state index contributed by atoms with van der Waals surface area (Å²) in [5, 5.41) is 0. The summed E-state index contributed by atoms with van der Waals surface area (Å²) in [5.74, 6) is 0.367. The standard InChI is InChI=1S/C22H31NO5/c1-16-21(26-13-12-17-8-4-2-5-9-17)20(28-18-10-6-3-7-11-18)15-25-14-19(23)22(24)27-16/h3,6-7,10-12,16,19-21H,2,4-5,8-9,13-15,23H2,1H3/p+1/t16-,19-,20-,21-/m0/s1. The van der Waals surface area contributed by atoms with Crippen molar-refractivity contribution in [2.75, 3.05) is 19.8 Å². The number of hydrogen-bond donors (Lipinski definition) is 1. The summed E-state index contributed by atoms with van der Waals surface area (Å²) in [6.45, 7) is 2.83. The van der Waals surface area contributed by atoms with Crippen molar-refractivity contribution in [3.8, 4) is 5.75 Å². The number of carbonyl (C=O) groups excluding carboxylic acids is 1. The number of benzene rings is 1. The Labute approximate surface area is 167 Å². The third kappa shape index (κ3) is 6.06. The molecule has 3 rings (SSSR count). The second-order valence-electron chi connectivity index (χ2n) is 7.57. The fourth-order valence-electron chi connectivity index (χ4n) is 3.64. The lowest BCUT2D eigenvalue weighted by Gasteiger charge is -2.30. The molecule has 0 amide bonds. The zero-order valence-electron chi connectivity index (χ0n) is 16.7. The molecule has 6 heteroatoms. The fraction of sp³-hybridized carbons (Fsp3) is 0.591. The lowest BCUT2D eigenvalue weighted by molar-refractivity contribution is -0.415. The van der Waals surface area contributed by atoms with Crippen LogP contribution in [0.15, 0.2) is 42.0 Å². The number of esters is 1. The summed E-state index contributed by atoms with van der Waals surface area (Å²) < 4.78 is 23.7. The summed E-state index contributed by atoms with van der Waals surface area (Å²) in [7, 11) is 0. The molecule has 0 unspecified atom stereocenters. The summed E-state index contributed by atoms with van der Waals surface area (Å²) >= 11 is 0. The summed E-state index contributed by atoms with van der Waals surface area (Å²) in [5.41, 5.74) is 5.28. The number of rotatable bonds is 5. The van der Waals surface area contributed by atoms with Gasteiger partial charge >= 0.3 is 5.97 Å². The normalized spacial score (nSPS) is 29.2. The molecule has 154 valence electrons. The minimum absolute atomic E-state index is 0.205. The van der Waals surface area contributed by atoms with Gasteiger partial charge in [-0.25, -0.2) is 4.79 Å². The maximum atomic E-state index is 12.2. The number of quaternary nitrogens is 1. The van der Waals surface area contributed by atoms with Gasteiger partial charge in [-0.15, -0.1) is 0 Å². The van der Waals surface area contributed by atoms with Crippen molar-refractivity contribution in [3.63, 3.8) is 0 Å². The average molecular weight is 391 g/mol. The first kappa shape index (κ1) is 20.8. The molecule has 6 nitrogen and oxygen atoms in total.